The van der Waals surface area contributed by atoms with E-state index in [2.05, 4.69) is 17.0 Å². The van der Waals surface area contributed by atoms with Crippen molar-refractivity contribution in [3.05, 3.63) is 35.9 Å². The van der Waals surface area contributed by atoms with Crippen LogP contribution >= 0.6 is 0 Å². The number of hydrogen-bond acceptors (Lipinski definition) is 4. The highest BCUT2D eigenvalue weighted by Gasteiger charge is 2.19. The second-order valence-electron chi connectivity index (χ2n) is 4.54. The van der Waals surface area contributed by atoms with Gasteiger partial charge in [-0.15, -0.1) is 0 Å². The molecular weight excluding hydrogens is 228 g/mol. The predicted molar refractivity (Wildman–Crippen MR) is 71.3 cm³/mol. The Morgan fingerprint density at radius 2 is 1.94 bits per heavy atom. The minimum absolute atomic E-state index is 0.303. The van der Waals surface area contributed by atoms with Gasteiger partial charge in [0.1, 0.15) is 0 Å². The van der Waals surface area contributed by atoms with E-state index >= 15 is 0 Å². The molecule has 1 fully saturated rings. The molecule has 1 saturated heterocycles. The third kappa shape index (κ3) is 4.07. The monoisotopic (exact) mass is 250 g/mol. The van der Waals surface area contributed by atoms with Crippen LogP contribution in [0.2, 0.25) is 0 Å². The molecule has 1 atom stereocenters. The summed E-state index contributed by atoms with van der Waals surface area (Å²) in [4.78, 5) is 2.36. The molecule has 4 nitrogen and oxygen atoms in total. The standard InChI is InChI=1S/C14H22N2O2/c15-10-14(16-6-8-17-9-7-16)12-18-11-13-4-2-1-3-5-13/h1-5,14H,6-12,15H2. The first-order valence-electron chi connectivity index (χ1n) is 6.53. The Kier molecular flexibility index (Phi) is 5.61. The lowest BCUT2D eigenvalue weighted by atomic mass is 10.2. The van der Waals surface area contributed by atoms with E-state index in [9.17, 15) is 0 Å². The van der Waals surface area contributed by atoms with Crippen LogP contribution in [-0.4, -0.2) is 50.4 Å². The number of hydrogen-bond donors (Lipinski definition) is 1. The third-order valence-corrected chi connectivity index (χ3v) is 3.26. The molecule has 18 heavy (non-hydrogen) atoms. The van der Waals surface area contributed by atoms with Gasteiger partial charge in [0.25, 0.3) is 0 Å². The maximum absolute atomic E-state index is 5.82. The first kappa shape index (κ1) is 13.5. The second kappa shape index (κ2) is 7.48. The van der Waals surface area contributed by atoms with Crippen LogP contribution < -0.4 is 5.73 Å². The summed E-state index contributed by atoms with van der Waals surface area (Å²) in [6.07, 6.45) is 0. The van der Waals surface area contributed by atoms with Gasteiger partial charge in [-0.25, -0.2) is 0 Å². The molecule has 1 aliphatic heterocycles. The molecule has 0 saturated carbocycles. The van der Waals surface area contributed by atoms with E-state index in [4.69, 9.17) is 15.2 Å². The summed E-state index contributed by atoms with van der Waals surface area (Å²) >= 11 is 0. The van der Waals surface area contributed by atoms with Crippen molar-refractivity contribution in [2.24, 2.45) is 5.73 Å². The summed E-state index contributed by atoms with van der Waals surface area (Å²) in [5, 5.41) is 0. The number of ether oxygens (including phenoxy) is 2. The Labute approximate surface area is 109 Å². The van der Waals surface area contributed by atoms with Crippen molar-refractivity contribution < 1.29 is 9.47 Å². The smallest absolute Gasteiger partial charge is 0.0717 e. The van der Waals surface area contributed by atoms with Crippen molar-refractivity contribution in [3.8, 4) is 0 Å². The van der Waals surface area contributed by atoms with E-state index in [0.717, 1.165) is 26.3 Å². The molecule has 0 aromatic heterocycles. The molecule has 0 aliphatic carbocycles. The number of morpholine rings is 1. The van der Waals surface area contributed by atoms with Gasteiger partial charge in [0.05, 0.1) is 26.4 Å². The Balaban J connectivity index is 1.73. The van der Waals surface area contributed by atoms with Crippen LogP contribution in [0.25, 0.3) is 0 Å². The van der Waals surface area contributed by atoms with Gasteiger partial charge in [0.15, 0.2) is 0 Å². The highest BCUT2D eigenvalue weighted by Crippen LogP contribution is 2.06. The quantitative estimate of drug-likeness (QED) is 0.813. The molecule has 0 spiro atoms. The van der Waals surface area contributed by atoms with Gasteiger partial charge in [-0.1, -0.05) is 30.3 Å². The van der Waals surface area contributed by atoms with Gasteiger partial charge < -0.3 is 15.2 Å². The Morgan fingerprint density at radius 1 is 1.22 bits per heavy atom. The number of benzene rings is 1. The molecule has 1 heterocycles. The van der Waals surface area contributed by atoms with Crippen LogP contribution in [0.3, 0.4) is 0 Å². The van der Waals surface area contributed by atoms with E-state index in [1.54, 1.807) is 0 Å². The lowest BCUT2D eigenvalue weighted by Gasteiger charge is -2.33. The van der Waals surface area contributed by atoms with Gasteiger partial charge in [0.2, 0.25) is 0 Å². The van der Waals surface area contributed by atoms with Gasteiger partial charge in [-0.05, 0) is 5.56 Å². The van der Waals surface area contributed by atoms with Crippen molar-refractivity contribution >= 4 is 0 Å². The summed E-state index contributed by atoms with van der Waals surface area (Å²) < 4.78 is 11.1. The highest BCUT2D eigenvalue weighted by atomic mass is 16.5. The Morgan fingerprint density at radius 3 is 2.61 bits per heavy atom. The normalized spacial score (nSPS) is 18.7. The highest BCUT2D eigenvalue weighted by molar-refractivity contribution is 5.13. The number of rotatable bonds is 6. The summed E-state index contributed by atoms with van der Waals surface area (Å²) in [6, 6.07) is 10.5. The summed E-state index contributed by atoms with van der Waals surface area (Å²) in [5.74, 6) is 0. The fourth-order valence-corrected chi connectivity index (χ4v) is 2.15. The third-order valence-electron chi connectivity index (χ3n) is 3.26. The zero-order chi connectivity index (χ0) is 12.6. The average molecular weight is 250 g/mol. The van der Waals surface area contributed by atoms with E-state index in [-0.39, 0.29) is 0 Å². The molecule has 0 radical (unpaired) electrons. The number of nitrogens with zero attached hydrogens (tertiary/aromatic N) is 1. The zero-order valence-electron chi connectivity index (χ0n) is 10.8. The van der Waals surface area contributed by atoms with Gasteiger partial charge >= 0.3 is 0 Å². The van der Waals surface area contributed by atoms with E-state index in [1.165, 1.54) is 5.56 Å². The largest absolute Gasteiger partial charge is 0.379 e. The minimum Gasteiger partial charge on any atom is -0.379 e. The lowest BCUT2D eigenvalue weighted by Crippen LogP contribution is -2.49. The van der Waals surface area contributed by atoms with Crippen LogP contribution in [0.4, 0.5) is 0 Å². The fraction of sp³-hybridized carbons (Fsp3) is 0.571. The maximum Gasteiger partial charge on any atom is 0.0717 e. The van der Waals surface area contributed by atoms with Gasteiger partial charge in [-0.3, -0.25) is 4.90 Å². The molecule has 1 aromatic rings. The van der Waals surface area contributed by atoms with E-state index in [0.29, 0.717) is 25.8 Å². The van der Waals surface area contributed by atoms with Crippen molar-refractivity contribution in [3.63, 3.8) is 0 Å². The lowest BCUT2D eigenvalue weighted by molar-refractivity contribution is -0.0110. The van der Waals surface area contributed by atoms with E-state index < -0.39 is 0 Å². The zero-order valence-corrected chi connectivity index (χ0v) is 10.8. The van der Waals surface area contributed by atoms with Crippen molar-refractivity contribution in [1.82, 2.24) is 4.90 Å². The topological polar surface area (TPSA) is 47.7 Å². The van der Waals surface area contributed by atoms with Gasteiger partial charge in [-0.2, -0.15) is 0 Å². The molecular formula is C14H22N2O2. The molecule has 2 rings (SSSR count). The first-order valence-corrected chi connectivity index (χ1v) is 6.53. The predicted octanol–water partition coefficient (Wildman–Crippen LogP) is 0.863. The van der Waals surface area contributed by atoms with Crippen molar-refractivity contribution in [2.75, 3.05) is 39.5 Å². The molecule has 0 bridgehead atoms. The van der Waals surface area contributed by atoms with Crippen molar-refractivity contribution in [2.45, 2.75) is 12.6 Å². The summed E-state index contributed by atoms with van der Waals surface area (Å²) in [5.41, 5.74) is 7.02. The van der Waals surface area contributed by atoms with E-state index in [1.807, 2.05) is 18.2 Å². The Bertz CT molecular complexity index is 326. The fourth-order valence-electron chi connectivity index (χ4n) is 2.15. The van der Waals surface area contributed by atoms with Crippen LogP contribution in [0.5, 0.6) is 0 Å². The van der Waals surface area contributed by atoms with Crippen LogP contribution in [0.15, 0.2) is 30.3 Å². The van der Waals surface area contributed by atoms with Crippen LogP contribution in [-0.2, 0) is 16.1 Å². The van der Waals surface area contributed by atoms with Crippen LogP contribution in [0, 0.1) is 0 Å². The summed E-state index contributed by atoms with van der Waals surface area (Å²) in [7, 11) is 0. The Hall–Kier alpha value is -0.940. The SMILES string of the molecule is NCC(COCc1ccccc1)N1CCOCC1. The molecule has 0 amide bonds. The van der Waals surface area contributed by atoms with Crippen molar-refractivity contribution in [1.29, 1.82) is 0 Å². The molecule has 100 valence electrons. The molecule has 1 unspecified atom stereocenters. The second-order valence-corrected chi connectivity index (χ2v) is 4.54. The molecule has 1 aliphatic rings. The molecule has 1 aromatic carbocycles. The first-order chi connectivity index (χ1) is 8.90. The summed E-state index contributed by atoms with van der Waals surface area (Å²) in [6.45, 7) is 5.49. The van der Waals surface area contributed by atoms with Gasteiger partial charge in [0, 0.05) is 25.7 Å². The number of nitrogens with two attached hydrogens (primary N) is 1. The minimum atomic E-state index is 0.303. The molecule has 4 heteroatoms. The van der Waals surface area contributed by atoms with Crippen LogP contribution in [0.1, 0.15) is 5.56 Å². The average Bonchev–Trinajstić information content (AvgIpc) is 2.46. The maximum atomic E-state index is 5.82. The molecule has 2 N–H and O–H groups in total.